The van der Waals surface area contributed by atoms with E-state index in [9.17, 15) is 4.79 Å². The van der Waals surface area contributed by atoms with Crippen molar-refractivity contribution in [2.24, 2.45) is 0 Å². The number of nitrogens with zero attached hydrogens (tertiary/aromatic N) is 1. The van der Waals surface area contributed by atoms with Crippen molar-refractivity contribution in [3.8, 4) is 0 Å². The molecule has 110 valence electrons. The Morgan fingerprint density at radius 1 is 1.25 bits per heavy atom. The topological polar surface area (TPSA) is 20.3 Å². The molecule has 0 N–H and O–H groups in total. The molecule has 0 amide bonds. The SMILES string of the molecule is CCN(C1CCCCC1)C(C)C(=O)c1ccc(Cl)cc1. The fourth-order valence-electron chi connectivity index (χ4n) is 3.27. The number of likely N-dealkylation sites (N-methyl/N-ethyl adjacent to an activating group) is 1. The molecular weight excluding hydrogens is 270 g/mol. The van der Waals surface area contributed by atoms with Gasteiger partial charge in [0.15, 0.2) is 5.78 Å². The van der Waals surface area contributed by atoms with Crippen molar-refractivity contribution in [3.05, 3.63) is 34.9 Å². The van der Waals surface area contributed by atoms with Crippen molar-refractivity contribution in [1.29, 1.82) is 0 Å². The molecule has 1 saturated carbocycles. The second-order valence-electron chi connectivity index (χ2n) is 5.67. The van der Waals surface area contributed by atoms with Gasteiger partial charge in [-0.3, -0.25) is 9.69 Å². The minimum atomic E-state index is -0.0516. The first-order chi connectivity index (χ1) is 9.63. The Kier molecular flexibility index (Phi) is 5.62. The molecule has 3 heteroatoms. The molecule has 0 bridgehead atoms. The van der Waals surface area contributed by atoms with Gasteiger partial charge in [-0.25, -0.2) is 0 Å². The number of Topliss-reactive ketones (excluding diaryl/α,β-unsaturated/α-hetero) is 1. The van der Waals surface area contributed by atoms with Gasteiger partial charge in [0.05, 0.1) is 6.04 Å². The monoisotopic (exact) mass is 293 g/mol. The summed E-state index contributed by atoms with van der Waals surface area (Å²) in [5, 5.41) is 0.675. The maximum Gasteiger partial charge on any atom is 0.179 e. The van der Waals surface area contributed by atoms with E-state index in [1.165, 1.54) is 32.1 Å². The Morgan fingerprint density at radius 3 is 2.40 bits per heavy atom. The standard InChI is InChI=1S/C17H24ClNO/c1-3-19(16-7-5-4-6-8-16)13(2)17(20)14-9-11-15(18)12-10-14/h9-13,16H,3-8H2,1-2H3. The summed E-state index contributed by atoms with van der Waals surface area (Å²) in [7, 11) is 0. The quantitative estimate of drug-likeness (QED) is 0.741. The molecule has 0 aliphatic heterocycles. The van der Waals surface area contributed by atoms with Crippen LogP contribution in [0.5, 0.6) is 0 Å². The molecule has 0 heterocycles. The minimum Gasteiger partial charge on any atom is -0.292 e. The van der Waals surface area contributed by atoms with Crippen molar-refractivity contribution >= 4 is 17.4 Å². The lowest BCUT2D eigenvalue weighted by molar-refractivity contribution is 0.0718. The van der Waals surface area contributed by atoms with E-state index in [1.807, 2.05) is 19.1 Å². The number of carbonyl (C=O) groups is 1. The molecule has 1 aromatic rings. The minimum absolute atomic E-state index is 0.0516. The fourth-order valence-corrected chi connectivity index (χ4v) is 3.39. The van der Waals surface area contributed by atoms with E-state index in [4.69, 9.17) is 11.6 Å². The molecule has 1 fully saturated rings. The zero-order valence-electron chi connectivity index (χ0n) is 12.4. The zero-order chi connectivity index (χ0) is 14.5. The van der Waals surface area contributed by atoms with Crippen LogP contribution in [0.3, 0.4) is 0 Å². The first-order valence-corrected chi connectivity index (χ1v) is 8.06. The highest BCUT2D eigenvalue weighted by Gasteiger charge is 2.28. The van der Waals surface area contributed by atoms with E-state index in [1.54, 1.807) is 12.1 Å². The summed E-state index contributed by atoms with van der Waals surface area (Å²) >= 11 is 5.89. The van der Waals surface area contributed by atoms with Gasteiger partial charge in [0.1, 0.15) is 0 Å². The van der Waals surface area contributed by atoms with Gasteiger partial charge < -0.3 is 0 Å². The Morgan fingerprint density at radius 2 is 1.85 bits per heavy atom. The smallest absolute Gasteiger partial charge is 0.179 e. The van der Waals surface area contributed by atoms with Gasteiger partial charge in [-0.05, 0) is 50.6 Å². The first kappa shape index (κ1) is 15.5. The van der Waals surface area contributed by atoms with E-state index in [0.717, 1.165) is 12.1 Å². The normalized spacial score (nSPS) is 18.2. The van der Waals surface area contributed by atoms with Crippen molar-refractivity contribution in [1.82, 2.24) is 4.90 Å². The van der Waals surface area contributed by atoms with E-state index in [0.29, 0.717) is 11.1 Å². The van der Waals surface area contributed by atoms with Gasteiger partial charge in [-0.2, -0.15) is 0 Å². The summed E-state index contributed by atoms with van der Waals surface area (Å²) in [6.45, 7) is 5.13. The Hall–Kier alpha value is -0.860. The molecule has 20 heavy (non-hydrogen) atoms. The number of hydrogen-bond acceptors (Lipinski definition) is 2. The molecule has 1 unspecified atom stereocenters. The van der Waals surface area contributed by atoms with Crippen molar-refractivity contribution in [3.63, 3.8) is 0 Å². The zero-order valence-corrected chi connectivity index (χ0v) is 13.2. The van der Waals surface area contributed by atoms with E-state index >= 15 is 0 Å². The summed E-state index contributed by atoms with van der Waals surface area (Å²) in [4.78, 5) is 15.0. The van der Waals surface area contributed by atoms with Gasteiger partial charge in [0.2, 0.25) is 0 Å². The fraction of sp³-hybridized carbons (Fsp3) is 0.588. The Labute approximate surface area is 127 Å². The summed E-state index contributed by atoms with van der Waals surface area (Å²) < 4.78 is 0. The third-order valence-electron chi connectivity index (χ3n) is 4.41. The predicted octanol–water partition coefficient (Wildman–Crippen LogP) is 4.57. The average Bonchev–Trinajstić information content (AvgIpc) is 2.49. The molecule has 0 spiro atoms. The molecule has 0 radical (unpaired) electrons. The molecule has 1 atom stereocenters. The van der Waals surface area contributed by atoms with Crippen LogP contribution in [-0.2, 0) is 0 Å². The highest BCUT2D eigenvalue weighted by molar-refractivity contribution is 6.30. The molecular formula is C17H24ClNO. The largest absolute Gasteiger partial charge is 0.292 e. The molecule has 2 nitrogen and oxygen atoms in total. The van der Waals surface area contributed by atoms with Crippen LogP contribution < -0.4 is 0 Å². The number of benzene rings is 1. The van der Waals surface area contributed by atoms with Gasteiger partial charge in [0.25, 0.3) is 0 Å². The molecule has 1 aliphatic rings. The third-order valence-corrected chi connectivity index (χ3v) is 4.67. The van der Waals surface area contributed by atoms with Crippen LogP contribution in [0.1, 0.15) is 56.3 Å². The lowest BCUT2D eigenvalue weighted by Crippen LogP contribution is -2.46. The Bertz CT molecular complexity index is 437. The second-order valence-corrected chi connectivity index (χ2v) is 6.11. The highest BCUT2D eigenvalue weighted by atomic mass is 35.5. The van der Waals surface area contributed by atoms with Crippen LogP contribution in [0, 0.1) is 0 Å². The maximum atomic E-state index is 12.6. The molecule has 0 aromatic heterocycles. The number of ketones is 1. The number of rotatable bonds is 5. The highest BCUT2D eigenvalue weighted by Crippen LogP contribution is 2.25. The first-order valence-electron chi connectivity index (χ1n) is 7.69. The van der Waals surface area contributed by atoms with Crippen LogP contribution >= 0.6 is 11.6 Å². The van der Waals surface area contributed by atoms with Crippen molar-refractivity contribution < 1.29 is 4.79 Å². The number of halogens is 1. The molecule has 1 aliphatic carbocycles. The van der Waals surface area contributed by atoms with E-state index < -0.39 is 0 Å². The Balaban J connectivity index is 2.08. The summed E-state index contributed by atoms with van der Waals surface area (Å²) in [6.07, 6.45) is 6.39. The maximum absolute atomic E-state index is 12.6. The van der Waals surface area contributed by atoms with Gasteiger partial charge in [-0.1, -0.05) is 37.8 Å². The van der Waals surface area contributed by atoms with Crippen LogP contribution in [-0.4, -0.2) is 29.3 Å². The molecule has 1 aromatic carbocycles. The van der Waals surface area contributed by atoms with Gasteiger partial charge in [-0.15, -0.1) is 0 Å². The van der Waals surface area contributed by atoms with Crippen LogP contribution in [0.2, 0.25) is 5.02 Å². The summed E-state index contributed by atoms with van der Waals surface area (Å²) in [6, 6.07) is 7.76. The summed E-state index contributed by atoms with van der Waals surface area (Å²) in [5.74, 6) is 0.203. The lowest BCUT2D eigenvalue weighted by Gasteiger charge is -2.37. The van der Waals surface area contributed by atoms with Crippen LogP contribution in [0.25, 0.3) is 0 Å². The lowest BCUT2D eigenvalue weighted by atomic mass is 9.92. The second kappa shape index (κ2) is 7.24. The van der Waals surface area contributed by atoms with Crippen LogP contribution in [0.4, 0.5) is 0 Å². The predicted molar refractivity (Wildman–Crippen MR) is 84.5 cm³/mol. The molecule has 0 saturated heterocycles. The van der Waals surface area contributed by atoms with E-state index in [-0.39, 0.29) is 11.8 Å². The van der Waals surface area contributed by atoms with Crippen LogP contribution in [0.15, 0.2) is 24.3 Å². The number of carbonyl (C=O) groups excluding carboxylic acids is 1. The van der Waals surface area contributed by atoms with Crippen molar-refractivity contribution in [2.75, 3.05) is 6.54 Å². The summed E-state index contributed by atoms with van der Waals surface area (Å²) in [5.41, 5.74) is 0.760. The third kappa shape index (κ3) is 3.62. The van der Waals surface area contributed by atoms with E-state index in [2.05, 4.69) is 11.8 Å². The average molecular weight is 294 g/mol. The molecule has 2 rings (SSSR count). The van der Waals surface area contributed by atoms with Crippen molar-refractivity contribution in [2.45, 2.75) is 58.0 Å². The van der Waals surface area contributed by atoms with Gasteiger partial charge >= 0.3 is 0 Å². The van der Waals surface area contributed by atoms with Gasteiger partial charge in [0, 0.05) is 16.6 Å². The number of hydrogen-bond donors (Lipinski definition) is 0.